The minimum Gasteiger partial charge on any atom is -0.427 e. The molecule has 5 aromatic carbocycles. The van der Waals surface area contributed by atoms with Crippen molar-refractivity contribution >= 4 is 18.3 Å². The highest BCUT2D eigenvalue weighted by atomic mass is 16.7. The van der Waals surface area contributed by atoms with Gasteiger partial charge in [-0.3, -0.25) is 4.79 Å². The van der Waals surface area contributed by atoms with E-state index in [2.05, 4.69) is 48.5 Å². The van der Waals surface area contributed by atoms with Gasteiger partial charge >= 0.3 is 18.3 Å². The number of rotatable bonds is 9. The molecular formula is C44H44O8. The third-order valence-corrected chi connectivity index (χ3v) is 9.09. The van der Waals surface area contributed by atoms with Gasteiger partial charge in [0.1, 0.15) is 28.7 Å². The SMILES string of the molecule is CC(=O)Oc1ccc(C(C)(C)c2ccc(OC(=O)Oc3ccc(C(C)(C)c4ccc(OC(=O)Oc5ccc(C(C)(C)C)cc5)cc4)cc3)cc2)cc1. The number of hydrogen-bond acceptors (Lipinski definition) is 8. The lowest BCUT2D eigenvalue weighted by molar-refractivity contribution is -0.131. The van der Waals surface area contributed by atoms with Gasteiger partial charge in [0.05, 0.1) is 0 Å². The quantitative estimate of drug-likeness (QED) is 0.0851. The molecule has 0 amide bonds. The van der Waals surface area contributed by atoms with E-state index in [0.717, 1.165) is 27.8 Å². The molecule has 0 saturated heterocycles. The topological polar surface area (TPSA) is 97.4 Å². The molecule has 0 aromatic heterocycles. The molecule has 5 rings (SSSR count). The largest absolute Gasteiger partial charge is 0.519 e. The van der Waals surface area contributed by atoms with Crippen LogP contribution in [-0.2, 0) is 21.0 Å². The van der Waals surface area contributed by atoms with Gasteiger partial charge in [0.25, 0.3) is 0 Å². The molecular weight excluding hydrogens is 656 g/mol. The van der Waals surface area contributed by atoms with Gasteiger partial charge in [-0.25, -0.2) is 9.59 Å². The fraction of sp³-hybridized carbons (Fsp3) is 0.250. The van der Waals surface area contributed by atoms with Crippen molar-refractivity contribution in [3.8, 4) is 28.7 Å². The summed E-state index contributed by atoms with van der Waals surface area (Å²) in [5.41, 5.74) is 4.39. The lowest BCUT2D eigenvalue weighted by Gasteiger charge is -2.26. The van der Waals surface area contributed by atoms with Gasteiger partial charge in [0.2, 0.25) is 0 Å². The van der Waals surface area contributed by atoms with E-state index in [-0.39, 0.29) is 16.8 Å². The summed E-state index contributed by atoms with van der Waals surface area (Å²) in [7, 11) is 0. The van der Waals surface area contributed by atoms with Gasteiger partial charge in [0.15, 0.2) is 0 Å². The molecule has 0 fully saturated rings. The van der Waals surface area contributed by atoms with Crippen LogP contribution < -0.4 is 23.7 Å². The van der Waals surface area contributed by atoms with E-state index < -0.39 is 17.7 Å². The highest BCUT2D eigenvalue weighted by Crippen LogP contribution is 2.35. The van der Waals surface area contributed by atoms with Crippen LogP contribution in [0, 0.1) is 0 Å². The maximum absolute atomic E-state index is 12.6. The van der Waals surface area contributed by atoms with Crippen molar-refractivity contribution in [3.63, 3.8) is 0 Å². The fourth-order valence-corrected chi connectivity index (χ4v) is 5.71. The summed E-state index contributed by atoms with van der Waals surface area (Å²) in [5.74, 6) is 1.59. The molecule has 0 bridgehead atoms. The molecule has 8 nitrogen and oxygen atoms in total. The van der Waals surface area contributed by atoms with Crippen LogP contribution in [0.2, 0.25) is 0 Å². The van der Waals surface area contributed by atoms with Crippen LogP contribution in [-0.4, -0.2) is 18.3 Å². The van der Waals surface area contributed by atoms with E-state index in [0.29, 0.717) is 28.7 Å². The van der Waals surface area contributed by atoms with Gasteiger partial charge < -0.3 is 23.7 Å². The lowest BCUT2D eigenvalue weighted by Crippen LogP contribution is -2.19. The first-order valence-electron chi connectivity index (χ1n) is 17.0. The molecule has 8 heteroatoms. The van der Waals surface area contributed by atoms with Crippen LogP contribution in [0.15, 0.2) is 121 Å². The summed E-state index contributed by atoms with van der Waals surface area (Å²) in [6.07, 6.45) is -1.66. The number of benzene rings is 5. The molecule has 0 aliphatic carbocycles. The second kappa shape index (κ2) is 15.2. The zero-order chi connectivity index (χ0) is 37.7. The highest BCUT2D eigenvalue weighted by Gasteiger charge is 2.25. The first kappa shape index (κ1) is 37.4. The Hall–Kier alpha value is -5.89. The maximum Gasteiger partial charge on any atom is 0.519 e. The summed E-state index contributed by atoms with van der Waals surface area (Å²) in [5, 5.41) is 0. The smallest absolute Gasteiger partial charge is 0.427 e. The summed E-state index contributed by atoms with van der Waals surface area (Å²) < 4.78 is 26.8. The number of carbonyl (C=O) groups is 3. The van der Waals surface area contributed by atoms with E-state index in [1.54, 1.807) is 60.7 Å². The van der Waals surface area contributed by atoms with Crippen LogP contribution >= 0.6 is 0 Å². The van der Waals surface area contributed by atoms with Crippen LogP contribution in [0.1, 0.15) is 83.2 Å². The first-order chi connectivity index (χ1) is 24.5. The normalized spacial score (nSPS) is 11.7. The average molecular weight is 701 g/mol. The van der Waals surface area contributed by atoms with Gasteiger partial charge in [-0.2, -0.15) is 0 Å². The van der Waals surface area contributed by atoms with Crippen LogP contribution in [0.3, 0.4) is 0 Å². The predicted molar refractivity (Wildman–Crippen MR) is 200 cm³/mol. The standard InChI is InChI=1S/C44H44O8/c1-29(45)48-35-21-11-31(12-22-35)43(5,6)32-13-23-38(24-14-32)51-41(47)52-39-27-17-34(18-28-39)44(7,8)33-15-25-37(26-16-33)50-40(46)49-36-19-9-30(10-20-36)42(2,3)4/h9-28H,1-8H3. The van der Waals surface area contributed by atoms with E-state index in [1.807, 2.05) is 60.7 Å². The predicted octanol–water partition coefficient (Wildman–Crippen LogP) is 10.7. The Labute approximate surface area is 305 Å². The van der Waals surface area contributed by atoms with Gasteiger partial charge in [-0.05, 0) is 93.9 Å². The number of hydrogen-bond donors (Lipinski definition) is 0. The Morgan fingerprint density at radius 3 is 0.769 bits per heavy atom. The number of carbonyl (C=O) groups excluding carboxylic acids is 3. The second-order valence-electron chi connectivity index (χ2n) is 14.6. The zero-order valence-corrected chi connectivity index (χ0v) is 30.8. The van der Waals surface area contributed by atoms with Gasteiger partial charge in [0, 0.05) is 17.8 Å². The molecule has 0 saturated carbocycles. The molecule has 0 aliphatic rings. The molecule has 0 spiro atoms. The molecule has 0 atom stereocenters. The number of ether oxygens (including phenoxy) is 5. The molecule has 52 heavy (non-hydrogen) atoms. The van der Waals surface area contributed by atoms with Crippen molar-refractivity contribution in [2.45, 2.75) is 71.6 Å². The van der Waals surface area contributed by atoms with Crippen molar-refractivity contribution < 1.29 is 38.1 Å². The van der Waals surface area contributed by atoms with E-state index in [4.69, 9.17) is 23.7 Å². The Balaban J connectivity index is 1.14. The maximum atomic E-state index is 12.6. The molecule has 0 aliphatic heterocycles. The van der Waals surface area contributed by atoms with Crippen molar-refractivity contribution in [1.29, 1.82) is 0 Å². The third-order valence-electron chi connectivity index (χ3n) is 9.09. The highest BCUT2D eigenvalue weighted by molar-refractivity contribution is 5.69. The summed E-state index contributed by atoms with van der Waals surface area (Å²) in [6.45, 7) is 16.0. The summed E-state index contributed by atoms with van der Waals surface area (Å²) in [4.78, 5) is 36.3. The molecule has 0 N–H and O–H groups in total. The second-order valence-corrected chi connectivity index (χ2v) is 14.6. The Morgan fingerprint density at radius 1 is 0.346 bits per heavy atom. The van der Waals surface area contributed by atoms with E-state index >= 15 is 0 Å². The zero-order valence-electron chi connectivity index (χ0n) is 30.8. The van der Waals surface area contributed by atoms with Gasteiger partial charge in [-0.15, -0.1) is 0 Å². The van der Waals surface area contributed by atoms with E-state index in [1.165, 1.54) is 6.92 Å². The van der Waals surface area contributed by atoms with Crippen molar-refractivity contribution in [1.82, 2.24) is 0 Å². The van der Waals surface area contributed by atoms with Crippen molar-refractivity contribution in [2.24, 2.45) is 0 Å². The fourth-order valence-electron chi connectivity index (χ4n) is 5.71. The van der Waals surface area contributed by atoms with Crippen LogP contribution in [0.5, 0.6) is 28.7 Å². The minimum absolute atomic E-state index is 0.00122. The minimum atomic E-state index is -0.851. The Bertz CT molecular complexity index is 2000. The van der Waals surface area contributed by atoms with Crippen molar-refractivity contribution in [3.05, 3.63) is 149 Å². The molecule has 0 unspecified atom stereocenters. The molecule has 0 radical (unpaired) electrons. The number of esters is 1. The van der Waals surface area contributed by atoms with Gasteiger partial charge in [-0.1, -0.05) is 109 Å². The van der Waals surface area contributed by atoms with Crippen LogP contribution in [0.4, 0.5) is 9.59 Å². The summed E-state index contributed by atoms with van der Waals surface area (Å²) in [6, 6.07) is 36.5. The van der Waals surface area contributed by atoms with Crippen molar-refractivity contribution in [2.75, 3.05) is 0 Å². The average Bonchev–Trinajstić information content (AvgIpc) is 3.09. The molecule has 0 heterocycles. The molecule has 268 valence electrons. The lowest BCUT2D eigenvalue weighted by atomic mass is 9.78. The third kappa shape index (κ3) is 9.26. The van der Waals surface area contributed by atoms with E-state index in [9.17, 15) is 14.4 Å². The summed E-state index contributed by atoms with van der Waals surface area (Å²) >= 11 is 0. The first-order valence-corrected chi connectivity index (χ1v) is 17.0. The monoisotopic (exact) mass is 700 g/mol. The van der Waals surface area contributed by atoms with Crippen LogP contribution in [0.25, 0.3) is 0 Å². The molecule has 5 aromatic rings. The Morgan fingerprint density at radius 2 is 0.558 bits per heavy atom. The Kier molecular flexibility index (Phi) is 10.9.